The Morgan fingerprint density at radius 1 is 0.900 bits per heavy atom. The number of aryl methyl sites for hydroxylation is 1. The standard InChI is InChI=1S/C18H17NO/c1-13-7-3-6-10-16(13)18(2,20)17-12-19-11-14-8-4-5-9-15(14)17/h3-12,20H,1-2H3. The number of aromatic nitrogens is 1. The summed E-state index contributed by atoms with van der Waals surface area (Å²) in [6.45, 7) is 3.85. The van der Waals surface area contributed by atoms with Crippen molar-refractivity contribution in [3.05, 3.63) is 77.6 Å². The van der Waals surface area contributed by atoms with Crippen molar-refractivity contribution >= 4 is 10.8 Å². The van der Waals surface area contributed by atoms with Crippen LogP contribution >= 0.6 is 0 Å². The normalized spacial score (nSPS) is 14.2. The lowest BCUT2D eigenvalue weighted by Crippen LogP contribution is -2.24. The van der Waals surface area contributed by atoms with E-state index >= 15 is 0 Å². The third-order valence-electron chi connectivity index (χ3n) is 3.86. The summed E-state index contributed by atoms with van der Waals surface area (Å²) in [5, 5.41) is 13.2. The van der Waals surface area contributed by atoms with Crippen LogP contribution in [0.4, 0.5) is 0 Å². The maximum Gasteiger partial charge on any atom is 0.114 e. The molecular weight excluding hydrogens is 246 g/mol. The van der Waals surface area contributed by atoms with Gasteiger partial charge in [-0.25, -0.2) is 0 Å². The van der Waals surface area contributed by atoms with Crippen LogP contribution in [-0.2, 0) is 5.60 Å². The minimum atomic E-state index is -1.06. The third kappa shape index (κ3) is 1.98. The number of hydrogen-bond donors (Lipinski definition) is 1. The molecule has 3 aromatic rings. The average molecular weight is 263 g/mol. The molecular formula is C18H17NO. The van der Waals surface area contributed by atoms with Crippen molar-refractivity contribution in [3.8, 4) is 0 Å². The molecule has 2 heteroatoms. The minimum absolute atomic E-state index is 0.838. The SMILES string of the molecule is Cc1ccccc1C(C)(O)c1cncc2ccccc12. The van der Waals surface area contributed by atoms with Gasteiger partial charge in [0, 0.05) is 23.3 Å². The van der Waals surface area contributed by atoms with Gasteiger partial charge in [-0.3, -0.25) is 4.98 Å². The van der Waals surface area contributed by atoms with E-state index < -0.39 is 5.60 Å². The first-order valence-corrected chi connectivity index (χ1v) is 6.72. The number of hydrogen-bond acceptors (Lipinski definition) is 2. The maximum absolute atomic E-state index is 11.1. The average Bonchev–Trinajstić information content (AvgIpc) is 2.47. The molecule has 20 heavy (non-hydrogen) atoms. The molecule has 1 aromatic heterocycles. The molecule has 0 saturated carbocycles. The number of fused-ring (bicyclic) bond motifs is 1. The van der Waals surface area contributed by atoms with Crippen molar-refractivity contribution in [3.63, 3.8) is 0 Å². The quantitative estimate of drug-likeness (QED) is 0.763. The van der Waals surface area contributed by atoms with E-state index in [-0.39, 0.29) is 0 Å². The molecule has 0 radical (unpaired) electrons. The van der Waals surface area contributed by atoms with Crippen molar-refractivity contribution in [2.75, 3.05) is 0 Å². The highest BCUT2D eigenvalue weighted by molar-refractivity contribution is 5.85. The smallest absolute Gasteiger partial charge is 0.114 e. The van der Waals surface area contributed by atoms with Gasteiger partial charge >= 0.3 is 0 Å². The largest absolute Gasteiger partial charge is 0.381 e. The topological polar surface area (TPSA) is 33.1 Å². The van der Waals surface area contributed by atoms with Crippen LogP contribution in [0.1, 0.15) is 23.6 Å². The Balaban J connectivity index is 2.27. The van der Waals surface area contributed by atoms with Crippen LogP contribution < -0.4 is 0 Å². The Morgan fingerprint density at radius 3 is 2.40 bits per heavy atom. The van der Waals surface area contributed by atoms with Crippen LogP contribution in [0.25, 0.3) is 10.8 Å². The van der Waals surface area contributed by atoms with Gasteiger partial charge in [-0.1, -0.05) is 48.5 Å². The Labute approximate surface area is 118 Å². The maximum atomic E-state index is 11.1. The zero-order valence-electron chi connectivity index (χ0n) is 11.7. The van der Waals surface area contributed by atoms with Gasteiger partial charge in [0.1, 0.15) is 5.60 Å². The molecule has 0 aliphatic carbocycles. The number of aliphatic hydroxyl groups is 1. The molecule has 2 aromatic carbocycles. The minimum Gasteiger partial charge on any atom is -0.381 e. The molecule has 1 unspecified atom stereocenters. The summed E-state index contributed by atoms with van der Waals surface area (Å²) >= 11 is 0. The number of benzene rings is 2. The van der Waals surface area contributed by atoms with E-state index in [1.165, 1.54) is 0 Å². The molecule has 100 valence electrons. The van der Waals surface area contributed by atoms with Crippen molar-refractivity contribution in [2.45, 2.75) is 19.4 Å². The van der Waals surface area contributed by atoms with Crippen LogP contribution in [0, 0.1) is 6.92 Å². The van der Waals surface area contributed by atoms with Gasteiger partial charge in [-0.2, -0.15) is 0 Å². The number of rotatable bonds is 2. The van der Waals surface area contributed by atoms with Crippen molar-refractivity contribution in [1.82, 2.24) is 4.98 Å². The first kappa shape index (κ1) is 12.8. The van der Waals surface area contributed by atoms with E-state index in [2.05, 4.69) is 4.98 Å². The predicted octanol–water partition coefficient (Wildman–Crippen LogP) is 3.80. The molecule has 1 N–H and O–H groups in total. The molecule has 0 amide bonds. The summed E-state index contributed by atoms with van der Waals surface area (Å²) in [7, 11) is 0. The van der Waals surface area contributed by atoms with Gasteiger partial charge in [0.05, 0.1) is 0 Å². The highest BCUT2D eigenvalue weighted by Crippen LogP contribution is 2.34. The first-order chi connectivity index (χ1) is 9.60. The molecule has 1 atom stereocenters. The molecule has 0 spiro atoms. The molecule has 0 saturated heterocycles. The summed E-state index contributed by atoms with van der Waals surface area (Å²) < 4.78 is 0. The zero-order valence-corrected chi connectivity index (χ0v) is 11.7. The summed E-state index contributed by atoms with van der Waals surface area (Å²) in [5.41, 5.74) is 1.77. The van der Waals surface area contributed by atoms with Crippen molar-refractivity contribution < 1.29 is 5.11 Å². The first-order valence-electron chi connectivity index (χ1n) is 6.72. The van der Waals surface area contributed by atoms with Crippen molar-refractivity contribution in [2.24, 2.45) is 0 Å². The lowest BCUT2D eigenvalue weighted by molar-refractivity contribution is 0.103. The zero-order chi connectivity index (χ0) is 14.2. The van der Waals surface area contributed by atoms with E-state index in [1.807, 2.05) is 68.6 Å². The Morgan fingerprint density at radius 2 is 1.60 bits per heavy atom. The highest BCUT2D eigenvalue weighted by Gasteiger charge is 2.29. The molecule has 3 rings (SSSR count). The summed E-state index contributed by atoms with van der Waals surface area (Å²) in [5.74, 6) is 0. The van der Waals surface area contributed by atoms with E-state index in [9.17, 15) is 5.11 Å². The Kier molecular flexibility index (Phi) is 3.03. The van der Waals surface area contributed by atoms with Gasteiger partial charge in [0.2, 0.25) is 0 Å². The van der Waals surface area contributed by atoms with E-state index in [1.54, 1.807) is 6.20 Å². The molecule has 1 heterocycles. The second-order valence-corrected chi connectivity index (χ2v) is 5.30. The van der Waals surface area contributed by atoms with Crippen LogP contribution in [0.15, 0.2) is 60.9 Å². The summed E-state index contributed by atoms with van der Waals surface area (Å²) in [6.07, 6.45) is 3.58. The van der Waals surface area contributed by atoms with E-state index in [4.69, 9.17) is 0 Å². The molecule has 2 nitrogen and oxygen atoms in total. The fraction of sp³-hybridized carbons (Fsp3) is 0.167. The molecule has 0 aliphatic rings. The fourth-order valence-corrected chi connectivity index (χ4v) is 2.77. The van der Waals surface area contributed by atoms with Gasteiger partial charge < -0.3 is 5.11 Å². The number of nitrogens with zero attached hydrogens (tertiary/aromatic N) is 1. The van der Waals surface area contributed by atoms with Crippen molar-refractivity contribution in [1.29, 1.82) is 0 Å². The van der Waals surface area contributed by atoms with Gasteiger partial charge in [0.25, 0.3) is 0 Å². The van der Waals surface area contributed by atoms with Gasteiger partial charge in [0.15, 0.2) is 0 Å². The lowest BCUT2D eigenvalue weighted by Gasteiger charge is -2.27. The highest BCUT2D eigenvalue weighted by atomic mass is 16.3. The van der Waals surface area contributed by atoms with Crippen LogP contribution in [0.2, 0.25) is 0 Å². The summed E-state index contributed by atoms with van der Waals surface area (Å²) in [6, 6.07) is 15.9. The van der Waals surface area contributed by atoms with Gasteiger partial charge in [-0.15, -0.1) is 0 Å². The van der Waals surface area contributed by atoms with Crippen LogP contribution in [-0.4, -0.2) is 10.1 Å². The Bertz CT molecular complexity index is 757. The monoisotopic (exact) mass is 263 g/mol. The Hall–Kier alpha value is -2.19. The molecule has 0 aliphatic heterocycles. The summed E-state index contributed by atoms with van der Waals surface area (Å²) in [4.78, 5) is 4.27. The van der Waals surface area contributed by atoms with E-state index in [0.29, 0.717) is 0 Å². The fourth-order valence-electron chi connectivity index (χ4n) is 2.77. The molecule has 0 bridgehead atoms. The number of pyridine rings is 1. The second-order valence-electron chi connectivity index (χ2n) is 5.30. The lowest BCUT2D eigenvalue weighted by atomic mass is 9.84. The molecule has 0 fully saturated rings. The van der Waals surface area contributed by atoms with Crippen LogP contribution in [0.3, 0.4) is 0 Å². The van der Waals surface area contributed by atoms with Gasteiger partial charge in [-0.05, 0) is 30.4 Å². The van der Waals surface area contributed by atoms with Crippen LogP contribution in [0.5, 0.6) is 0 Å². The second kappa shape index (κ2) is 4.73. The van der Waals surface area contributed by atoms with E-state index in [0.717, 1.165) is 27.5 Å². The predicted molar refractivity (Wildman–Crippen MR) is 81.6 cm³/mol. The third-order valence-corrected chi connectivity index (χ3v) is 3.86.